The molecule has 5 nitrogen and oxygen atoms in total. The first-order valence-electron chi connectivity index (χ1n) is 8.53. The molecule has 0 spiro atoms. The Labute approximate surface area is 150 Å². The van der Waals surface area contributed by atoms with E-state index in [9.17, 15) is 0 Å². The fourth-order valence-corrected chi connectivity index (χ4v) is 2.40. The van der Waals surface area contributed by atoms with Crippen molar-refractivity contribution in [3.63, 3.8) is 0 Å². The van der Waals surface area contributed by atoms with E-state index in [0.29, 0.717) is 6.54 Å². The summed E-state index contributed by atoms with van der Waals surface area (Å²) in [5.41, 5.74) is 2.38. The van der Waals surface area contributed by atoms with Crippen molar-refractivity contribution in [2.45, 2.75) is 19.9 Å². The van der Waals surface area contributed by atoms with Crippen LogP contribution in [0.15, 0.2) is 53.5 Å². The lowest BCUT2D eigenvalue weighted by atomic mass is 10.1. The maximum Gasteiger partial charge on any atom is 0.191 e. The van der Waals surface area contributed by atoms with E-state index < -0.39 is 0 Å². The van der Waals surface area contributed by atoms with E-state index >= 15 is 0 Å². The molecule has 0 heterocycles. The lowest BCUT2D eigenvalue weighted by Gasteiger charge is -2.12. The largest absolute Gasteiger partial charge is 0.497 e. The van der Waals surface area contributed by atoms with Gasteiger partial charge in [0, 0.05) is 13.1 Å². The number of guanidine groups is 1. The molecule has 2 N–H and O–H groups in total. The molecule has 2 aromatic carbocycles. The summed E-state index contributed by atoms with van der Waals surface area (Å²) < 4.78 is 10.4. The number of nitrogens with zero attached hydrogens (tertiary/aromatic N) is 1. The van der Waals surface area contributed by atoms with Gasteiger partial charge in [0.15, 0.2) is 5.96 Å². The molecule has 0 aliphatic heterocycles. The molecule has 134 valence electrons. The van der Waals surface area contributed by atoms with Crippen molar-refractivity contribution in [1.82, 2.24) is 10.6 Å². The zero-order valence-corrected chi connectivity index (χ0v) is 15.2. The van der Waals surface area contributed by atoms with Crippen LogP contribution in [-0.4, -0.2) is 33.3 Å². The minimum absolute atomic E-state index is 0.606. The first-order chi connectivity index (χ1) is 12.2. The van der Waals surface area contributed by atoms with Crippen LogP contribution in [0.5, 0.6) is 11.5 Å². The molecule has 0 atom stereocenters. The van der Waals surface area contributed by atoms with Gasteiger partial charge in [0.05, 0.1) is 20.8 Å². The molecule has 0 saturated carbocycles. The second kappa shape index (κ2) is 10.2. The fraction of sp³-hybridized carbons (Fsp3) is 0.350. The third-order valence-corrected chi connectivity index (χ3v) is 3.76. The van der Waals surface area contributed by atoms with E-state index in [-0.39, 0.29) is 0 Å². The average molecular weight is 341 g/mol. The molecule has 0 radical (unpaired) electrons. The Morgan fingerprint density at radius 1 is 0.920 bits per heavy atom. The Morgan fingerprint density at radius 3 is 2.36 bits per heavy atom. The zero-order valence-electron chi connectivity index (χ0n) is 15.2. The minimum Gasteiger partial charge on any atom is -0.497 e. The summed E-state index contributed by atoms with van der Waals surface area (Å²) in [5.74, 6) is 2.55. The summed E-state index contributed by atoms with van der Waals surface area (Å²) in [7, 11) is 3.35. The van der Waals surface area contributed by atoms with Crippen LogP contribution in [0.4, 0.5) is 0 Å². The minimum atomic E-state index is 0.606. The summed E-state index contributed by atoms with van der Waals surface area (Å²) >= 11 is 0. The summed E-state index contributed by atoms with van der Waals surface area (Å²) in [5, 5.41) is 6.65. The third kappa shape index (κ3) is 6.37. The van der Waals surface area contributed by atoms with E-state index in [1.807, 2.05) is 36.4 Å². The number of methoxy groups -OCH3 is 2. The van der Waals surface area contributed by atoms with Gasteiger partial charge in [-0.25, -0.2) is 4.99 Å². The van der Waals surface area contributed by atoms with Gasteiger partial charge in [0.2, 0.25) is 0 Å². The van der Waals surface area contributed by atoms with Gasteiger partial charge < -0.3 is 20.1 Å². The molecule has 2 aromatic rings. The number of rotatable bonds is 8. The molecule has 0 amide bonds. The topological polar surface area (TPSA) is 54.9 Å². The van der Waals surface area contributed by atoms with Crippen molar-refractivity contribution in [2.24, 2.45) is 4.99 Å². The molecule has 0 saturated heterocycles. The summed E-state index contributed by atoms with van der Waals surface area (Å²) in [6.07, 6.45) is 0.924. The zero-order chi connectivity index (χ0) is 17.9. The number of nitrogens with one attached hydrogen (secondary N) is 2. The smallest absolute Gasteiger partial charge is 0.191 e. The number of hydrogen-bond acceptors (Lipinski definition) is 3. The average Bonchev–Trinajstić information content (AvgIpc) is 2.66. The molecule has 0 aliphatic rings. The second-order valence-electron chi connectivity index (χ2n) is 5.57. The lowest BCUT2D eigenvalue weighted by Crippen LogP contribution is -2.38. The standard InChI is InChI=1S/C20H27N3O2/c1-4-21-20(23-15-17-6-5-7-19(14-17)25-3)22-13-12-16-8-10-18(24-2)11-9-16/h5-11,14H,4,12-13,15H2,1-3H3,(H2,21,22,23). The Balaban J connectivity index is 1.88. The van der Waals surface area contributed by atoms with Crippen molar-refractivity contribution in [3.8, 4) is 11.5 Å². The maximum atomic E-state index is 5.25. The number of hydrogen-bond donors (Lipinski definition) is 2. The molecule has 2 rings (SSSR count). The molecule has 0 unspecified atom stereocenters. The highest BCUT2D eigenvalue weighted by Gasteiger charge is 2.00. The summed E-state index contributed by atoms with van der Waals surface area (Å²) in [6, 6.07) is 16.1. The molecule has 0 aliphatic carbocycles. The highest BCUT2D eigenvalue weighted by molar-refractivity contribution is 5.79. The van der Waals surface area contributed by atoms with Crippen molar-refractivity contribution >= 4 is 5.96 Å². The van der Waals surface area contributed by atoms with Crippen molar-refractivity contribution < 1.29 is 9.47 Å². The van der Waals surface area contributed by atoms with Gasteiger partial charge in [-0.1, -0.05) is 24.3 Å². The van der Waals surface area contributed by atoms with Crippen LogP contribution in [0.2, 0.25) is 0 Å². The highest BCUT2D eigenvalue weighted by atomic mass is 16.5. The Hall–Kier alpha value is -2.69. The summed E-state index contributed by atoms with van der Waals surface area (Å²) in [6.45, 7) is 4.31. The molecule has 0 bridgehead atoms. The Morgan fingerprint density at radius 2 is 1.68 bits per heavy atom. The number of aliphatic imine (C=N–C) groups is 1. The third-order valence-electron chi connectivity index (χ3n) is 3.76. The van der Waals surface area contributed by atoms with E-state index in [1.54, 1.807) is 14.2 Å². The van der Waals surface area contributed by atoms with Gasteiger partial charge in [-0.2, -0.15) is 0 Å². The molecular weight excluding hydrogens is 314 g/mol. The maximum absolute atomic E-state index is 5.25. The number of benzene rings is 2. The van der Waals surface area contributed by atoms with Gasteiger partial charge >= 0.3 is 0 Å². The summed E-state index contributed by atoms with van der Waals surface area (Å²) in [4.78, 5) is 4.64. The van der Waals surface area contributed by atoms with Crippen molar-refractivity contribution in [1.29, 1.82) is 0 Å². The van der Waals surface area contributed by atoms with Crippen LogP contribution in [0.3, 0.4) is 0 Å². The van der Waals surface area contributed by atoms with E-state index in [1.165, 1.54) is 5.56 Å². The van der Waals surface area contributed by atoms with Gasteiger partial charge in [-0.3, -0.25) is 0 Å². The van der Waals surface area contributed by atoms with Gasteiger partial charge in [0.25, 0.3) is 0 Å². The van der Waals surface area contributed by atoms with Gasteiger partial charge in [-0.15, -0.1) is 0 Å². The quantitative estimate of drug-likeness (QED) is 0.572. The van der Waals surface area contributed by atoms with E-state index in [0.717, 1.165) is 42.5 Å². The first kappa shape index (κ1) is 18.6. The molecule has 0 aromatic heterocycles. The second-order valence-corrected chi connectivity index (χ2v) is 5.57. The van der Waals surface area contributed by atoms with Crippen LogP contribution < -0.4 is 20.1 Å². The lowest BCUT2D eigenvalue weighted by molar-refractivity contribution is 0.414. The predicted octanol–water partition coefficient (Wildman–Crippen LogP) is 3.00. The van der Waals surface area contributed by atoms with E-state index in [2.05, 4.69) is 34.7 Å². The SMILES string of the molecule is CCNC(=NCc1cccc(OC)c1)NCCc1ccc(OC)cc1. The Bertz CT molecular complexity index is 669. The molecular formula is C20H27N3O2. The molecule has 5 heteroatoms. The normalized spacial score (nSPS) is 11.1. The highest BCUT2D eigenvalue weighted by Crippen LogP contribution is 2.13. The van der Waals surface area contributed by atoms with Crippen LogP contribution in [0.1, 0.15) is 18.1 Å². The van der Waals surface area contributed by atoms with Crippen LogP contribution in [-0.2, 0) is 13.0 Å². The molecule has 25 heavy (non-hydrogen) atoms. The van der Waals surface area contributed by atoms with Crippen molar-refractivity contribution in [2.75, 3.05) is 27.3 Å². The van der Waals surface area contributed by atoms with E-state index in [4.69, 9.17) is 9.47 Å². The Kier molecular flexibility index (Phi) is 7.63. The first-order valence-corrected chi connectivity index (χ1v) is 8.53. The van der Waals surface area contributed by atoms with Gasteiger partial charge in [-0.05, 0) is 48.7 Å². The predicted molar refractivity (Wildman–Crippen MR) is 103 cm³/mol. The number of ether oxygens (including phenoxy) is 2. The fourth-order valence-electron chi connectivity index (χ4n) is 2.40. The van der Waals surface area contributed by atoms with Gasteiger partial charge in [0.1, 0.15) is 11.5 Å². The van der Waals surface area contributed by atoms with Crippen LogP contribution in [0.25, 0.3) is 0 Å². The monoisotopic (exact) mass is 341 g/mol. The van der Waals surface area contributed by atoms with Crippen molar-refractivity contribution in [3.05, 3.63) is 59.7 Å². The van der Waals surface area contributed by atoms with Crippen LogP contribution >= 0.6 is 0 Å². The molecule has 0 fully saturated rings. The van der Waals surface area contributed by atoms with Crippen LogP contribution in [0, 0.1) is 0 Å².